The molecule has 0 amide bonds. The zero-order chi connectivity index (χ0) is 23.5. The van der Waals surface area contributed by atoms with Crippen LogP contribution in [0.25, 0.3) is 0 Å². The first kappa shape index (κ1) is 24.6. The molecule has 0 spiro atoms. The Kier molecular flexibility index (Phi) is 7.53. The predicted molar refractivity (Wildman–Crippen MR) is 126 cm³/mol. The van der Waals surface area contributed by atoms with Gasteiger partial charge in [-0.3, -0.25) is 0 Å². The van der Waals surface area contributed by atoms with Gasteiger partial charge in [-0.15, -0.1) is 0 Å². The summed E-state index contributed by atoms with van der Waals surface area (Å²) in [4.78, 5) is 0. The van der Waals surface area contributed by atoms with Crippen LogP contribution in [0.5, 0.6) is 0 Å². The van der Waals surface area contributed by atoms with E-state index in [1.165, 1.54) is 28.8 Å². The summed E-state index contributed by atoms with van der Waals surface area (Å²) in [5.74, 6) is -1.28. The first-order valence-electron chi connectivity index (χ1n) is 11.4. The number of aliphatic hydroxyl groups excluding tert-OH is 1. The van der Waals surface area contributed by atoms with Crippen LogP contribution in [0.15, 0.2) is 54.6 Å². The molecule has 2 atom stereocenters. The van der Waals surface area contributed by atoms with E-state index in [2.05, 4.69) is 56.9 Å². The van der Waals surface area contributed by atoms with Crippen molar-refractivity contribution in [2.45, 2.75) is 76.0 Å². The second-order valence-electron chi connectivity index (χ2n) is 10.3. The van der Waals surface area contributed by atoms with Crippen LogP contribution in [-0.2, 0) is 17.4 Å². The van der Waals surface area contributed by atoms with Crippen molar-refractivity contribution in [1.82, 2.24) is 5.32 Å². The molecule has 3 rings (SSSR count). The van der Waals surface area contributed by atoms with Gasteiger partial charge in [-0.1, -0.05) is 57.2 Å². The molecular weight excluding hydrogens is 406 g/mol. The smallest absolute Gasteiger partial charge is 0.126 e. The van der Waals surface area contributed by atoms with Gasteiger partial charge in [0.15, 0.2) is 0 Å². The Labute approximate surface area is 190 Å². The van der Waals surface area contributed by atoms with Gasteiger partial charge >= 0.3 is 0 Å². The molecule has 1 saturated carbocycles. The molecular formula is C27H36F2N2O. The summed E-state index contributed by atoms with van der Waals surface area (Å²) in [6.45, 7) is 11.1. The van der Waals surface area contributed by atoms with Gasteiger partial charge in [0, 0.05) is 24.2 Å². The normalized spacial score (nSPS) is 18.4. The highest BCUT2D eigenvalue weighted by molar-refractivity contribution is 5.34. The van der Waals surface area contributed by atoms with Gasteiger partial charge < -0.3 is 16.2 Å². The van der Waals surface area contributed by atoms with E-state index in [0.717, 1.165) is 31.7 Å². The first-order valence-corrected chi connectivity index (χ1v) is 11.4. The SMILES string of the molecule is C=C1CCC(NC[C@@H](O)C(N)Cc2cc(F)cc(F)c2)(c2cccc(C(C)(C)C)c2)CC1. The molecule has 2 aromatic rings. The van der Waals surface area contributed by atoms with Gasteiger partial charge in [-0.2, -0.15) is 0 Å². The van der Waals surface area contributed by atoms with Gasteiger partial charge in [0.25, 0.3) is 0 Å². The topological polar surface area (TPSA) is 58.3 Å². The summed E-state index contributed by atoms with van der Waals surface area (Å²) in [5.41, 5.74) is 10.1. The van der Waals surface area contributed by atoms with Crippen LogP contribution in [-0.4, -0.2) is 23.8 Å². The molecule has 32 heavy (non-hydrogen) atoms. The fourth-order valence-corrected chi connectivity index (χ4v) is 4.47. The van der Waals surface area contributed by atoms with Crippen molar-refractivity contribution in [1.29, 1.82) is 0 Å². The van der Waals surface area contributed by atoms with Crippen LogP contribution in [0, 0.1) is 11.6 Å². The second-order valence-corrected chi connectivity index (χ2v) is 10.3. The first-order chi connectivity index (χ1) is 15.0. The minimum atomic E-state index is -0.853. The number of rotatable bonds is 7. The van der Waals surface area contributed by atoms with Crippen LogP contribution in [0.2, 0.25) is 0 Å². The van der Waals surface area contributed by atoms with E-state index in [4.69, 9.17) is 5.73 Å². The van der Waals surface area contributed by atoms with E-state index in [1.54, 1.807) is 0 Å². The lowest BCUT2D eigenvalue weighted by Gasteiger charge is -2.41. The van der Waals surface area contributed by atoms with Crippen molar-refractivity contribution in [2.75, 3.05) is 6.54 Å². The highest BCUT2D eigenvalue weighted by Gasteiger charge is 2.36. The molecule has 0 bridgehead atoms. The Morgan fingerprint density at radius 3 is 2.31 bits per heavy atom. The van der Waals surface area contributed by atoms with Crippen LogP contribution < -0.4 is 11.1 Å². The maximum Gasteiger partial charge on any atom is 0.126 e. The molecule has 0 aromatic heterocycles. The molecule has 0 saturated heterocycles. The summed E-state index contributed by atoms with van der Waals surface area (Å²) < 4.78 is 27.0. The lowest BCUT2D eigenvalue weighted by molar-refractivity contribution is 0.120. The van der Waals surface area contributed by atoms with Gasteiger partial charge in [0.1, 0.15) is 11.6 Å². The Morgan fingerprint density at radius 1 is 1.09 bits per heavy atom. The zero-order valence-electron chi connectivity index (χ0n) is 19.4. The molecule has 1 fully saturated rings. The highest BCUT2D eigenvalue weighted by Crippen LogP contribution is 2.40. The van der Waals surface area contributed by atoms with Crippen LogP contribution >= 0.6 is 0 Å². The molecule has 1 aliphatic carbocycles. The maximum absolute atomic E-state index is 13.5. The van der Waals surface area contributed by atoms with Crippen molar-refractivity contribution in [3.05, 3.63) is 82.9 Å². The third kappa shape index (κ3) is 6.03. The van der Waals surface area contributed by atoms with Crippen molar-refractivity contribution >= 4 is 0 Å². The predicted octanol–water partition coefficient (Wildman–Crippen LogP) is 5.11. The lowest BCUT2D eigenvalue weighted by Crippen LogP contribution is -2.51. The molecule has 5 heteroatoms. The molecule has 4 N–H and O–H groups in total. The fraction of sp³-hybridized carbons (Fsp3) is 0.481. The Morgan fingerprint density at radius 2 is 1.72 bits per heavy atom. The summed E-state index contributed by atoms with van der Waals surface area (Å²) >= 11 is 0. The van der Waals surface area contributed by atoms with E-state index in [0.29, 0.717) is 12.1 Å². The van der Waals surface area contributed by atoms with Crippen molar-refractivity contribution in [3.8, 4) is 0 Å². The van der Waals surface area contributed by atoms with Crippen LogP contribution in [0.3, 0.4) is 0 Å². The Hall–Kier alpha value is -2.08. The number of allylic oxidation sites excluding steroid dienone is 1. The van der Waals surface area contributed by atoms with Gasteiger partial charge in [-0.25, -0.2) is 8.78 Å². The van der Waals surface area contributed by atoms with Gasteiger partial charge in [0.2, 0.25) is 0 Å². The zero-order valence-corrected chi connectivity index (χ0v) is 19.4. The molecule has 0 heterocycles. The van der Waals surface area contributed by atoms with Crippen LogP contribution in [0.4, 0.5) is 8.78 Å². The third-order valence-corrected chi connectivity index (χ3v) is 6.63. The summed E-state index contributed by atoms with van der Waals surface area (Å²) in [7, 11) is 0. The van der Waals surface area contributed by atoms with Crippen LogP contribution in [0.1, 0.15) is 63.1 Å². The van der Waals surface area contributed by atoms with E-state index >= 15 is 0 Å². The Bertz CT molecular complexity index is 921. The minimum Gasteiger partial charge on any atom is -0.390 e. The number of hydrogen-bond acceptors (Lipinski definition) is 3. The number of nitrogens with one attached hydrogen (secondary N) is 1. The molecule has 0 aliphatic heterocycles. The maximum atomic E-state index is 13.5. The van der Waals surface area contributed by atoms with Gasteiger partial charge in [-0.05, 0) is 66.3 Å². The average molecular weight is 443 g/mol. The quantitative estimate of drug-likeness (QED) is 0.523. The Balaban J connectivity index is 1.75. The molecule has 174 valence electrons. The fourth-order valence-electron chi connectivity index (χ4n) is 4.47. The average Bonchev–Trinajstić information content (AvgIpc) is 2.72. The number of halogens is 2. The molecule has 1 aliphatic rings. The summed E-state index contributed by atoms with van der Waals surface area (Å²) in [5, 5.41) is 14.4. The monoisotopic (exact) mass is 442 g/mol. The third-order valence-electron chi connectivity index (χ3n) is 6.63. The summed E-state index contributed by atoms with van der Waals surface area (Å²) in [6.07, 6.45) is 3.00. The largest absolute Gasteiger partial charge is 0.390 e. The number of hydrogen-bond donors (Lipinski definition) is 3. The standard InChI is InChI=1S/C27H36F2N2O/c1-18-8-10-27(11-9-18,21-7-5-6-20(15-21)26(2,3)4)31-17-25(32)24(30)14-19-12-22(28)16-23(29)13-19/h5-7,12-13,15-16,24-25,31-32H,1,8-11,14,17,30H2,2-4H3/t24?,25-/m1/s1. The van der Waals surface area contributed by atoms with E-state index in [1.807, 2.05) is 0 Å². The molecule has 1 unspecified atom stereocenters. The molecule has 0 radical (unpaired) electrons. The van der Waals surface area contributed by atoms with E-state index < -0.39 is 23.8 Å². The van der Waals surface area contributed by atoms with E-state index in [9.17, 15) is 13.9 Å². The second kappa shape index (κ2) is 9.82. The molecule has 2 aromatic carbocycles. The highest BCUT2D eigenvalue weighted by atomic mass is 19.1. The number of aliphatic hydroxyl groups is 1. The van der Waals surface area contributed by atoms with Crippen molar-refractivity contribution in [3.63, 3.8) is 0 Å². The van der Waals surface area contributed by atoms with Crippen molar-refractivity contribution in [2.24, 2.45) is 5.73 Å². The molecule has 3 nitrogen and oxygen atoms in total. The van der Waals surface area contributed by atoms with Gasteiger partial charge in [0.05, 0.1) is 6.10 Å². The van der Waals surface area contributed by atoms with E-state index in [-0.39, 0.29) is 17.4 Å². The summed E-state index contributed by atoms with van der Waals surface area (Å²) in [6, 6.07) is 11.4. The lowest BCUT2D eigenvalue weighted by atomic mass is 9.73. The van der Waals surface area contributed by atoms with Crippen molar-refractivity contribution < 1.29 is 13.9 Å². The number of benzene rings is 2. The minimum absolute atomic E-state index is 0.0392. The number of nitrogens with two attached hydrogens (primary N) is 1.